The maximum absolute atomic E-state index is 12.4. The normalized spacial score (nSPS) is 11.4. The molecule has 3 aromatic carbocycles. The minimum Gasteiger partial charge on any atom is -0.452 e. The standard InChI is InChI=1S/C23H23N3O4/c1-16(22(28)26-20-13-7-9-17-8-5-6-12-19(17)20)30-21(27)14-15-24-23(29)25-18-10-3-2-4-11-18/h2-13,16H,14-15H2,1H3,(H,26,28)(H2,24,25,29)/t16-/m0/s1. The number of rotatable bonds is 7. The van der Waals surface area contributed by atoms with Crippen LogP contribution in [0, 0.1) is 0 Å². The first kappa shape index (κ1) is 20.9. The highest BCUT2D eigenvalue weighted by Gasteiger charge is 2.18. The highest BCUT2D eigenvalue weighted by atomic mass is 16.5. The first-order chi connectivity index (χ1) is 14.5. The smallest absolute Gasteiger partial charge is 0.319 e. The fraction of sp³-hybridized carbons (Fsp3) is 0.174. The molecule has 0 spiro atoms. The van der Waals surface area contributed by atoms with E-state index in [1.54, 1.807) is 30.3 Å². The van der Waals surface area contributed by atoms with Crippen molar-refractivity contribution in [1.29, 1.82) is 0 Å². The van der Waals surface area contributed by atoms with Crippen LogP contribution in [0.25, 0.3) is 10.8 Å². The molecule has 0 saturated carbocycles. The summed E-state index contributed by atoms with van der Waals surface area (Å²) >= 11 is 0. The van der Waals surface area contributed by atoms with Gasteiger partial charge in [0.15, 0.2) is 6.10 Å². The molecule has 7 heteroatoms. The molecule has 3 N–H and O–H groups in total. The van der Waals surface area contributed by atoms with E-state index in [1.165, 1.54) is 6.92 Å². The number of ether oxygens (including phenoxy) is 1. The second kappa shape index (κ2) is 10.1. The van der Waals surface area contributed by atoms with Gasteiger partial charge in [-0.05, 0) is 30.5 Å². The van der Waals surface area contributed by atoms with Crippen LogP contribution in [0.4, 0.5) is 16.2 Å². The number of hydrogen-bond acceptors (Lipinski definition) is 4. The number of hydrogen-bond donors (Lipinski definition) is 3. The zero-order valence-corrected chi connectivity index (χ0v) is 16.6. The quantitative estimate of drug-likeness (QED) is 0.519. The van der Waals surface area contributed by atoms with E-state index in [2.05, 4.69) is 16.0 Å². The predicted octanol–water partition coefficient (Wildman–Crippen LogP) is 3.92. The largest absolute Gasteiger partial charge is 0.452 e. The summed E-state index contributed by atoms with van der Waals surface area (Å²) in [5, 5.41) is 9.92. The molecular weight excluding hydrogens is 382 g/mol. The van der Waals surface area contributed by atoms with Gasteiger partial charge in [0.05, 0.1) is 6.42 Å². The Morgan fingerprint density at radius 3 is 2.37 bits per heavy atom. The average molecular weight is 405 g/mol. The summed E-state index contributed by atoms with van der Waals surface area (Å²) in [4.78, 5) is 36.2. The van der Waals surface area contributed by atoms with Crippen LogP contribution in [-0.4, -0.2) is 30.6 Å². The molecule has 0 fully saturated rings. The summed E-state index contributed by atoms with van der Waals surface area (Å²) in [6, 6.07) is 21.8. The van der Waals surface area contributed by atoms with Crippen LogP contribution in [0.3, 0.4) is 0 Å². The number of fused-ring (bicyclic) bond motifs is 1. The van der Waals surface area contributed by atoms with Crippen LogP contribution in [-0.2, 0) is 14.3 Å². The van der Waals surface area contributed by atoms with Crippen molar-refractivity contribution in [2.75, 3.05) is 17.2 Å². The van der Waals surface area contributed by atoms with E-state index >= 15 is 0 Å². The summed E-state index contributed by atoms with van der Waals surface area (Å²) in [6.07, 6.45) is -1.01. The van der Waals surface area contributed by atoms with Crippen molar-refractivity contribution in [2.24, 2.45) is 0 Å². The monoisotopic (exact) mass is 405 g/mol. The zero-order chi connectivity index (χ0) is 21.3. The van der Waals surface area contributed by atoms with E-state index in [4.69, 9.17) is 4.74 Å². The average Bonchev–Trinajstić information content (AvgIpc) is 2.74. The summed E-state index contributed by atoms with van der Waals surface area (Å²) in [5.41, 5.74) is 1.30. The summed E-state index contributed by atoms with van der Waals surface area (Å²) in [5.74, 6) is -0.995. The van der Waals surface area contributed by atoms with E-state index < -0.39 is 24.0 Å². The van der Waals surface area contributed by atoms with Gasteiger partial charge in [0.2, 0.25) is 0 Å². The Bertz CT molecular complexity index is 1030. The fourth-order valence-electron chi connectivity index (χ4n) is 2.85. The van der Waals surface area contributed by atoms with Gasteiger partial charge in [-0.1, -0.05) is 54.6 Å². The second-order valence-corrected chi connectivity index (χ2v) is 6.64. The first-order valence-electron chi connectivity index (χ1n) is 9.61. The summed E-state index contributed by atoms with van der Waals surface area (Å²) < 4.78 is 5.17. The van der Waals surface area contributed by atoms with E-state index in [0.29, 0.717) is 11.4 Å². The highest BCUT2D eigenvalue weighted by Crippen LogP contribution is 2.23. The Morgan fingerprint density at radius 2 is 1.57 bits per heavy atom. The topological polar surface area (TPSA) is 96.5 Å². The lowest BCUT2D eigenvalue weighted by atomic mass is 10.1. The number of amides is 3. The number of anilines is 2. The van der Waals surface area contributed by atoms with Crippen molar-refractivity contribution in [3.05, 3.63) is 72.8 Å². The SMILES string of the molecule is C[C@H](OC(=O)CCNC(=O)Nc1ccccc1)C(=O)Nc1cccc2ccccc12. The molecular formula is C23H23N3O4. The fourth-order valence-corrected chi connectivity index (χ4v) is 2.85. The third-order valence-corrected chi connectivity index (χ3v) is 4.37. The molecule has 0 aromatic heterocycles. The molecule has 0 unspecified atom stereocenters. The Morgan fingerprint density at radius 1 is 0.867 bits per heavy atom. The van der Waals surface area contributed by atoms with Gasteiger partial charge in [0, 0.05) is 23.3 Å². The summed E-state index contributed by atoms with van der Waals surface area (Å²) in [7, 11) is 0. The number of nitrogens with one attached hydrogen (secondary N) is 3. The Labute approximate surface area is 174 Å². The first-order valence-corrected chi connectivity index (χ1v) is 9.61. The van der Waals surface area contributed by atoms with Crippen LogP contribution in [0.15, 0.2) is 72.8 Å². The minimum absolute atomic E-state index is 0.0475. The van der Waals surface area contributed by atoms with E-state index in [1.807, 2.05) is 42.5 Å². The van der Waals surface area contributed by atoms with Crippen molar-refractivity contribution >= 4 is 40.1 Å². The molecule has 3 amide bonds. The lowest BCUT2D eigenvalue weighted by Gasteiger charge is -2.15. The van der Waals surface area contributed by atoms with Crippen molar-refractivity contribution in [3.8, 4) is 0 Å². The molecule has 3 aromatic rings. The molecule has 0 aliphatic rings. The molecule has 3 rings (SSSR count). The van der Waals surface area contributed by atoms with Crippen molar-refractivity contribution in [1.82, 2.24) is 5.32 Å². The minimum atomic E-state index is -0.963. The highest BCUT2D eigenvalue weighted by molar-refractivity contribution is 6.03. The molecule has 0 saturated heterocycles. The van der Waals surface area contributed by atoms with Crippen LogP contribution in [0.5, 0.6) is 0 Å². The van der Waals surface area contributed by atoms with E-state index in [-0.39, 0.29) is 13.0 Å². The molecule has 7 nitrogen and oxygen atoms in total. The van der Waals surface area contributed by atoms with Gasteiger partial charge in [-0.15, -0.1) is 0 Å². The third-order valence-electron chi connectivity index (χ3n) is 4.37. The molecule has 30 heavy (non-hydrogen) atoms. The molecule has 154 valence electrons. The number of carbonyl (C=O) groups excluding carboxylic acids is 3. The van der Waals surface area contributed by atoms with Crippen LogP contribution >= 0.6 is 0 Å². The van der Waals surface area contributed by atoms with Crippen molar-refractivity contribution in [3.63, 3.8) is 0 Å². The zero-order valence-electron chi connectivity index (χ0n) is 16.6. The molecule has 0 aliphatic carbocycles. The number of carbonyl (C=O) groups is 3. The third kappa shape index (κ3) is 5.81. The van der Waals surface area contributed by atoms with Crippen LogP contribution in [0.2, 0.25) is 0 Å². The lowest BCUT2D eigenvalue weighted by molar-refractivity contribution is -0.153. The number of esters is 1. The molecule has 1 atom stereocenters. The Kier molecular flexibility index (Phi) is 7.00. The maximum atomic E-state index is 12.4. The van der Waals surface area contributed by atoms with Crippen molar-refractivity contribution in [2.45, 2.75) is 19.4 Å². The van der Waals surface area contributed by atoms with Gasteiger partial charge < -0.3 is 20.7 Å². The van der Waals surface area contributed by atoms with Gasteiger partial charge >= 0.3 is 12.0 Å². The number of urea groups is 1. The summed E-state index contributed by atoms with van der Waals surface area (Å²) in [6.45, 7) is 1.60. The number of para-hydroxylation sites is 1. The van der Waals surface area contributed by atoms with Crippen molar-refractivity contribution < 1.29 is 19.1 Å². The van der Waals surface area contributed by atoms with Gasteiger partial charge in [0.25, 0.3) is 5.91 Å². The van der Waals surface area contributed by atoms with Crippen LogP contribution in [0.1, 0.15) is 13.3 Å². The Balaban J connectivity index is 1.43. The predicted molar refractivity (Wildman–Crippen MR) is 116 cm³/mol. The molecule has 0 bridgehead atoms. The Hall–Kier alpha value is -3.87. The number of benzene rings is 3. The van der Waals surface area contributed by atoms with Gasteiger partial charge in [-0.3, -0.25) is 9.59 Å². The maximum Gasteiger partial charge on any atom is 0.319 e. The second-order valence-electron chi connectivity index (χ2n) is 6.64. The molecule has 0 radical (unpaired) electrons. The van der Waals surface area contributed by atoms with E-state index in [0.717, 1.165) is 10.8 Å². The molecule has 0 heterocycles. The molecule has 0 aliphatic heterocycles. The lowest BCUT2D eigenvalue weighted by Crippen LogP contribution is -2.33. The van der Waals surface area contributed by atoms with Crippen LogP contribution < -0.4 is 16.0 Å². The van der Waals surface area contributed by atoms with Gasteiger partial charge in [-0.25, -0.2) is 4.79 Å². The van der Waals surface area contributed by atoms with Gasteiger partial charge in [0.1, 0.15) is 0 Å². The van der Waals surface area contributed by atoms with Gasteiger partial charge in [-0.2, -0.15) is 0 Å². The van der Waals surface area contributed by atoms with E-state index in [9.17, 15) is 14.4 Å².